The van der Waals surface area contributed by atoms with Crippen molar-refractivity contribution in [1.82, 2.24) is 24.9 Å². The number of hydrogen-bond donors (Lipinski definition) is 1. The summed E-state index contributed by atoms with van der Waals surface area (Å²) in [4.78, 5) is 12.0. The molecule has 2 aromatic heterocycles. The molecule has 0 aliphatic carbocycles. The van der Waals surface area contributed by atoms with Gasteiger partial charge in [0.05, 0.1) is 23.0 Å². The molecule has 0 saturated carbocycles. The second-order valence-corrected chi connectivity index (χ2v) is 4.60. The zero-order valence-corrected chi connectivity index (χ0v) is 11.9. The molecule has 0 radical (unpaired) electrons. The average molecular weight is 282 g/mol. The minimum atomic E-state index is -0.292. The SMILES string of the molecule is CCn1ccc(CNC(=O)c2nn(C)c(C)c2Cl)n1. The van der Waals surface area contributed by atoms with Crippen molar-refractivity contribution in [2.75, 3.05) is 0 Å². The number of halogens is 1. The molecule has 0 bridgehead atoms. The van der Waals surface area contributed by atoms with Crippen LogP contribution in [0.3, 0.4) is 0 Å². The standard InChI is InChI=1S/C12H16ClN5O/c1-4-18-6-5-9(15-18)7-14-12(19)11-10(13)8(2)17(3)16-11/h5-6H,4,7H2,1-3H3,(H,14,19). The van der Waals surface area contributed by atoms with Crippen molar-refractivity contribution in [2.45, 2.75) is 26.9 Å². The number of aromatic nitrogens is 4. The molecule has 1 amide bonds. The summed E-state index contributed by atoms with van der Waals surface area (Å²) in [6, 6.07) is 1.87. The summed E-state index contributed by atoms with van der Waals surface area (Å²) < 4.78 is 3.39. The molecule has 2 heterocycles. The highest BCUT2D eigenvalue weighted by Gasteiger charge is 2.17. The molecule has 0 saturated heterocycles. The Labute approximate surface area is 116 Å². The number of aryl methyl sites for hydroxylation is 2. The fourth-order valence-corrected chi connectivity index (χ4v) is 1.90. The van der Waals surface area contributed by atoms with Crippen LogP contribution in [0, 0.1) is 6.92 Å². The Kier molecular flexibility index (Phi) is 3.90. The van der Waals surface area contributed by atoms with E-state index in [1.807, 2.05) is 26.1 Å². The first-order valence-corrected chi connectivity index (χ1v) is 6.40. The first-order chi connectivity index (χ1) is 9.02. The fourth-order valence-electron chi connectivity index (χ4n) is 1.66. The quantitative estimate of drug-likeness (QED) is 0.924. The van der Waals surface area contributed by atoms with Crippen LogP contribution in [0.1, 0.15) is 28.8 Å². The predicted molar refractivity (Wildman–Crippen MR) is 72.0 cm³/mol. The molecule has 0 aromatic carbocycles. The van der Waals surface area contributed by atoms with Gasteiger partial charge in [0.25, 0.3) is 5.91 Å². The summed E-state index contributed by atoms with van der Waals surface area (Å²) >= 11 is 6.05. The lowest BCUT2D eigenvalue weighted by Crippen LogP contribution is -2.24. The number of carbonyl (C=O) groups excluding carboxylic acids is 1. The molecular weight excluding hydrogens is 266 g/mol. The highest BCUT2D eigenvalue weighted by atomic mass is 35.5. The van der Waals surface area contributed by atoms with Crippen molar-refractivity contribution in [3.63, 3.8) is 0 Å². The predicted octanol–water partition coefficient (Wildman–Crippen LogP) is 1.53. The van der Waals surface area contributed by atoms with E-state index in [0.29, 0.717) is 11.6 Å². The first-order valence-electron chi connectivity index (χ1n) is 6.02. The highest BCUT2D eigenvalue weighted by molar-refractivity contribution is 6.34. The molecule has 0 spiro atoms. The third-order valence-corrected chi connectivity index (χ3v) is 3.38. The van der Waals surface area contributed by atoms with Gasteiger partial charge in [0.1, 0.15) is 0 Å². The van der Waals surface area contributed by atoms with Crippen LogP contribution in [-0.2, 0) is 20.1 Å². The van der Waals surface area contributed by atoms with E-state index in [2.05, 4.69) is 15.5 Å². The van der Waals surface area contributed by atoms with Gasteiger partial charge in [0, 0.05) is 19.8 Å². The van der Waals surface area contributed by atoms with Gasteiger partial charge in [-0.2, -0.15) is 10.2 Å². The van der Waals surface area contributed by atoms with Crippen molar-refractivity contribution in [1.29, 1.82) is 0 Å². The summed E-state index contributed by atoms with van der Waals surface area (Å²) in [6.45, 7) is 4.98. The van der Waals surface area contributed by atoms with Crippen LogP contribution in [0.5, 0.6) is 0 Å². The molecule has 2 rings (SSSR count). The van der Waals surface area contributed by atoms with Gasteiger partial charge in [-0.3, -0.25) is 14.2 Å². The number of nitrogens with one attached hydrogen (secondary N) is 1. The number of hydrogen-bond acceptors (Lipinski definition) is 3. The van der Waals surface area contributed by atoms with Crippen LogP contribution in [0.25, 0.3) is 0 Å². The van der Waals surface area contributed by atoms with Crippen molar-refractivity contribution < 1.29 is 4.79 Å². The van der Waals surface area contributed by atoms with E-state index < -0.39 is 0 Å². The largest absolute Gasteiger partial charge is 0.345 e. The lowest BCUT2D eigenvalue weighted by molar-refractivity contribution is 0.0945. The normalized spacial score (nSPS) is 10.7. The number of amides is 1. The van der Waals surface area contributed by atoms with Crippen molar-refractivity contribution in [3.05, 3.63) is 34.4 Å². The first kappa shape index (κ1) is 13.6. The number of rotatable bonds is 4. The van der Waals surface area contributed by atoms with Crippen molar-refractivity contribution >= 4 is 17.5 Å². The molecule has 102 valence electrons. The number of carbonyl (C=O) groups is 1. The van der Waals surface area contributed by atoms with E-state index in [-0.39, 0.29) is 11.6 Å². The monoisotopic (exact) mass is 281 g/mol. The van der Waals surface area contributed by atoms with E-state index in [0.717, 1.165) is 17.9 Å². The Hall–Kier alpha value is -1.82. The third-order valence-electron chi connectivity index (χ3n) is 2.93. The van der Waals surface area contributed by atoms with Gasteiger partial charge >= 0.3 is 0 Å². The molecule has 0 aliphatic heterocycles. The van der Waals surface area contributed by atoms with Gasteiger partial charge in [-0.25, -0.2) is 0 Å². The van der Waals surface area contributed by atoms with Crippen LogP contribution < -0.4 is 5.32 Å². The summed E-state index contributed by atoms with van der Waals surface area (Å²) in [5, 5.41) is 11.5. The van der Waals surface area contributed by atoms with Crippen LogP contribution in [-0.4, -0.2) is 25.5 Å². The van der Waals surface area contributed by atoms with E-state index in [1.54, 1.807) is 16.4 Å². The number of nitrogens with zero attached hydrogens (tertiary/aromatic N) is 4. The fraction of sp³-hybridized carbons (Fsp3) is 0.417. The summed E-state index contributed by atoms with van der Waals surface area (Å²) in [7, 11) is 1.75. The average Bonchev–Trinajstić information content (AvgIpc) is 2.96. The molecule has 0 atom stereocenters. The van der Waals surface area contributed by atoms with E-state index in [9.17, 15) is 4.79 Å². The molecule has 0 unspecified atom stereocenters. The maximum atomic E-state index is 12.0. The maximum absolute atomic E-state index is 12.0. The zero-order valence-electron chi connectivity index (χ0n) is 11.1. The Bertz CT molecular complexity index is 601. The Balaban J connectivity index is 2.03. The van der Waals surface area contributed by atoms with Gasteiger partial charge < -0.3 is 5.32 Å². The van der Waals surface area contributed by atoms with Crippen LogP contribution in [0.2, 0.25) is 5.02 Å². The minimum Gasteiger partial charge on any atom is -0.345 e. The summed E-state index contributed by atoms with van der Waals surface area (Å²) in [5.41, 5.74) is 1.82. The molecule has 0 aliphatic rings. The second kappa shape index (κ2) is 5.44. The van der Waals surface area contributed by atoms with Gasteiger partial charge in [-0.05, 0) is 19.9 Å². The molecule has 7 heteroatoms. The Morgan fingerprint density at radius 2 is 2.21 bits per heavy atom. The lowest BCUT2D eigenvalue weighted by Gasteiger charge is -2.01. The van der Waals surface area contributed by atoms with E-state index in [4.69, 9.17) is 11.6 Å². The molecule has 2 aromatic rings. The molecule has 1 N–H and O–H groups in total. The van der Waals surface area contributed by atoms with Crippen LogP contribution >= 0.6 is 11.6 Å². The van der Waals surface area contributed by atoms with Crippen LogP contribution in [0.15, 0.2) is 12.3 Å². The smallest absolute Gasteiger partial charge is 0.273 e. The Morgan fingerprint density at radius 3 is 2.74 bits per heavy atom. The Morgan fingerprint density at radius 1 is 1.47 bits per heavy atom. The van der Waals surface area contributed by atoms with Crippen LogP contribution in [0.4, 0.5) is 0 Å². The minimum absolute atomic E-state index is 0.247. The molecule has 0 fully saturated rings. The zero-order chi connectivity index (χ0) is 14.0. The summed E-state index contributed by atoms with van der Waals surface area (Å²) in [5.74, 6) is -0.292. The van der Waals surface area contributed by atoms with Gasteiger partial charge in [0.2, 0.25) is 0 Å². The summed E-state index contributed by atoms with van der Waals surface area (Å²) in [6.07, 6.45) is 1.87. The highest BCUT2D eigenvalue weighted by Crippen LogP contribution is 2.18. The topological polar surface area (TPSA) is 64.7 Å². The lowest BCUT2D eigenvalue weighted by atomic mass is 10.3. The van der Waals surface area contributed by atoms with E-state index >= 15 is 0 Å². The molecular formula is C12H16ClN5O. The van der Waals surface area contributed by atoms with Crippen molar-refractivity contribution in [2.24, 2.45) is 7.05 Å². The van der Waals surface area contributed by atoms with Gasteiger partial charge in [-0.15, -0.1) is 0 Å². The van der Waals surface area contributed by atoms with Gasteiger partial charge in [0.15, 0.2) is 5.69 Å². The third kappa shape index (κ3) is 2.78. The molecule has 6 nitrogen and oxygen atoms in total. The van der Waals surface area contributed by atoms with Gasteiger partial charge in [-0.1, -0.05) is 11.6 Å². The second-order valence-electron chi connectivity index (χ2n) is 4.22. The van der Waals surface area contributed by atoms with E-state index in [1.165, 1.54) is 0 Å². The maximum Gasteiger partial charge on any atom is 0.273 e. The molecule has 19 heavy (non-hydrogen) atoms. The van der Waals surface area contributed by atoms with Crippen molar-refractivity contribution in [3.8, 4) is 0 Å².